The van der Waals surface area contributed by atoms with E-state index in [0.717, 1.165) is 0 Å². The van der Waals surface area contributed by atoms with Crippen LogP contribution in [0.15, 0.2) is 18.2 Å². The van der Waals surface area contributed by atoms with Gasteiger partial charge in [0.25, 0.3) is 6.43 Å². The Morgan fingerprint density at radius 2 is 2.18 bits per heavy atom. The zero-order valence-electron chi connectivity index (χ0n) is 9.19. The molecule has 0 bridgehead atoms. The van der Waals surface area contributed by atoms with Crippen LogP contribution >= 0.6 is 0 Å². The number of carboxylic acid groups (broad SMARTS) is 1. The minimum absolute atomic E-state index is 0.00523. The van der Waals surface area contributed by atoms with Crippen LogP contribution in [-0.4, -0.2) is 24.7 Å². The summed E-state index contributed by atoms with van der Waals surface area (Å²) in [7, 11) is 1.25. The first kappa shape index (κ1) is 13.4. The number of benzene rings is 1. The largest absolute Gasteiger partial charge is 0.496 e. The van der Waals surface area contributed by atoms with Gasteiger partial charge >= 0.3 is 5.97 Å². The van der Waals surface area contributed by atoms with Crippen molar-refractivity contribution in [1.82, 2.24) is 0 Å². The zero-order valence-corrected chi connectivity index (χ0v) is 9.19. The summed E-state index contributed by atoms with van der Waals surface area (Å²) < 4.78 is 30.7. The highest BCUT2D eigenvalue weighted by atomic mass is 19.3. The lowest BCUT2D eigenvalue weighted by Crippen LogP contribution is -2.22. The summed E-state index contributed by atoms with van der Waals surface area (Å²) >= 11 is 0. The lowest BCUT2D eigenvalue weighted by atomic mass is 9.93. The second-order valence-electron chi connectivity index (χ2n) is 3.39. The summed E-state index contributed by atoms with van der Waals surface area (Å²) in [5, 5.41) is 8.93. The van der Waals surface area contributed by atoms with Crippen LogP contribution in [0.2, 0.25) is 0 Å². The van der Waals surface area contributed by atoms with Crippen LogP contribution in [0, 0.1) is 0 Å². The van der Waals surface area contributed by atoms with Gasteiger partial charge in [-0.3, -0.25) is 4.79 Å². The van der Waals surface area contributed by atoms with Gasteiger partial charge in [-0.15, -0.1) is 0 Å². The van der Waals surface area contributed by atoms with Gasteiger partial charge in [-0.1, -0.05) is 12.1 Å². The number of aliphatic carboxylic acids is 1. The van der Waals surface area contributed by atoms with E-state index in [9.17, 15) is 13.6 Å². The number of hydrogen-bond acceptors (Lipinski definition) is 3. The summed E-state index contributed by atoms with van der Waals surface area (Å²) in [5.41, 5.74) is 4.89. The second kappa shape index (κ2) is 5.58. The molecule has 0 heterocycles. The predicted octanol–water partition coefficient (Wildman–Crippen LogP) is 1.76. The van der Waals surface area contributed by atoms with E-state index >= 15 is 0 Å². The van der Waals surface area contributed by atoms with Gasteiger partial charge in [0.1, 0.15) is 5.75 Å². The normalized spacial score (nSPS) is 12.5. The number of alkyl halides is 2. The first-order valence-corrected chi connectivity index (χ1v) is 4.90. The Kier molecular flexibility index (Phi) is 4.39. The molecule has 0 spiro atoms. The SMILES string of the molecule is COc1cccc(C(CN)C(=O)O)c1C(F)F. The maximum atomic E-state index is 12.9. The molecule has 94 valence electrons. The maximum absolute atomic E-state index is 12.9. The van der Waals surface area contributed by atoms with E-state index in [1.165, 1.54) is 25.3 Å². The van der Waals surface area contributed by atoms with E-state index in [0.29, 0.717) is 0 Å². The van der Waals surface area contributed by atoms with Gasteiger partial charge in [-0.05, 0) is 11.6 Å². The first-order chi connectivity index (χ1) is 8.02. The Morgan fingerprint density at radius 1 is 1.53 bits per heavy atom. The van der Waals surface area contributed by atoms with Gasteiger partial charge in [0.15, 0.2) is 0 Å². The minimum Gasteiger partial charge on any atom is -0.496 e. The number of carboxylic acids is 1. The van der Waals surface area contributed by atoms with E-state index in [4.69, 9.17) is 15.6 Å². The van der Waals surface area contributed by atoms with Crippen molar-refractivity contribution < 1.29 is 23.4 Å². The Balaban J connectivity index is 3.36. The molecule has 0 aliphatic heterocycles. The predicted molar refractivity (Wildman–Crippen MR) is 57.4 cm³/mol. The smallest absolute Gasteiger partial charge is 0.312 e. The molecule has 0 fully saturated rings. The van der Waals surface area contributed by atoms with E-state index in [2.05, 4.69) is 0 Å². The molecule has 1 aromatic carbocycles. The highest BCUT2D eigenvalue weighted by Gasteiger charge is 2.27. The van der Waals surface area contributed by atoms with Crippen molar-refractivity contribution in [3.05, 3.63) is 29.3 Å². The third-order valence-corrected chi connectivity index (χ3v) is 2.45. The van der Waals surface area contributed by atoms with Crippen molar-refractivity contribution in [2.24, 2.45) is 5.73 Å². The molecule has 0 aliphatic rings. The van der Waals surface area contributed by atoms with Crippen molar-refractivity contribution in [2.45, 2.75) is 12.3 Å². The van der Waals surface area contributed by atoms with Crippen molar-refractivity contribution in [2.75, 3.05) is 13.7 Å². The van der Waals surface area contributed by atoms with Crippen LogP contribution in [-0.2, 0) is 4.79 Å². The van der Waals surface area contributed by atoms with Crippen molar-refractivity contribution in [3.8, 4) is 5.75 Å². The highest BCUT2D eigenvalue weighted by Crippen LogP contribution is 2.35. The highest BCUT2D eigenvalue weighted by molar-refractivity contribution is 5.77. The summed E-state index contributed by atoms with van der Waals surface area (Å²) in [4.78, 5) is 10.9. The molecule has 1 unspecified atom stereocenters. The summed E-state index contributed by atoms with van der Waals surface area (Å²) in [5.74, 6) is -2.42. The van der Waals surface area contributed by atoms with Crippen LogP contribution in [0.1, 0.15) is 23.5 Å². The molecule has 4 nitrogen and oxygen atoms in total. The molecule has 0 amide bonds. The molecule has 17 heavy (non-hydrogen) atoms. The standard InChI is InChI=1S/C11H13F2NO3/c1-17-8-4-2-3-6(9(8)10(12)13)7(5-14)11(15)16/h2-4,7,10H,5,14H2,1H3,(H,15,16). The number of carbonyl (C=O) groups is 1. The third kappa shape index (κ3) is 2.71. The molecule has 1 atom stereocenters. The summed E-state index contributed by atoms with van der Waals surface area (Å²) in [6.07, 6.45) is -2.81. The van der Waals surface area contributed by atoms with Gasteiger partial charge in [0.05, 0.1) is 18.6 Å². The number of nitrogens with two attached hydrogens (primary N) is 1. The summed E-state index contributed by atoms with van der Waals surface area (Å²) in [6, 6.07) is 4.15. The average Bonchev–Trinajstić information content (AvgIpc) is 2.28. The van der Waals surface area contributed by atoms with E-state index in [-0.39, 0.29) is 17.9 Å². The topological polar surface area (TPSA) is 72.5 Å². The Labute approximate surface area is 97.0 Å². The maximum Gasteiger partial charge on any atom is 0.312 e. The molecule has 0 aliphatic carbocycles. The van der Waals surface area contributed by atoms with E-state index in [1.807, 2.05) is 0 Å². The van der Waals surface area contributed by atoms with Crippen molar-refractivity contribution in [1.29, 1.82) is 0 Å². The molecule has 0 aromatic heterocycles. The third-order valence-electron chi connectivity index (χ3n) is 2.45. The molecule has 0 saturated carbocycles. The number of methoxy groups -OCH3 is 1. The van der Waals surface area contributed by atoms with Gasteiger partial charge in [0.2, 0.25) is 0 Å². The Bertz CT molecular complexity index is 410. The molecule has 1 aromatic rings. The Morgan fingerprint density at radius 3 is 2.59 bits per heavy atom. The molecule has 6 heteroatoms. The summed E-state index contributed by atoms with van der Waals surface area (Å²) in [6.45, 7) is -0.248. The van der Waals surface area contributed by atoms with E-state index in [1.54, 1.807) is 0 Å². The zero-order chi connectivity index (χ0) is 13.0. The van der Waals surface area contributed by atoms with Gasteiger partial charge in [-0.25, -0.2) is 8.78 Å². The van der Waals surface area contributed by atoms with Crippen LogP contribution in [0.3, 0.4) is 0 Å². The van der Waals surface area contributed by atoms with Gasteiger partial charge in [0, 0.05) is 6.54 Å². The first-order valence-electron chi connectivity index (χ1n) is 4.90. The molecule has 1 rings (SSSR count). The quantitative estimate of drug-likeness (QED) is 0.829. The van der Waals surface area contributed by atoms with Crippen LogP contribution in [0.4, 0.5) is 8.78 Å². The van der Waals surface area contributed by atoms with Crippen molar-refractivity contribution >= 4 is 5.97 Å². The monoisotopic (exact) mass is 245 g/mol. The van der Waals surface area contributed by atoms with Crippen LogP contribution in [0.25, 0.3) is 0 Å². The molecule has 3 N–H and O–H groups in total. The van der Waals surface area contributed by atoms with E-state index < -0.39 is 23.9 Å². The van der Waals surface area contributed by atoms with Crippen LogP contribution < -0.4 is 10.5 Å². The second-order valence-corrected chi connectivity index (χ2v) is 3.39. The van der Waals surface area contributed by atoms with Gasteiger partial charge < -0.3 is 15.6 Å². The fourth-order valence-electron chi connectivity index (χ4n) is 1.64. The number of hydrogen-bond donors (Lipinski definition) is 2. The lowest BCUT2D eigenvalue weighted by molar-refractivity contribution is -0.138. The molecule has 0 radical (unpaired) electrons. The average molecular weight is 245 g/mol. The fourth-order valence-corrected chi connectivity index (χ4v) is 1.64. The number of ether oxygens (including phenoxy) is 1. The molecular weight excluding hydrogens is 232 g/mol. The lowest BCUT2D eigenvalue weighted by Gasteiger charge is -2.17. The van der Waals surface area contributed by atoms with Crippen molar-refractivity contribution in [3.63, 3.8) is 0 Å². The Hall–Kier alpha value is -1.69. The number of halogens is 2. The van der Waals surface area contributed by atoms with Crippen LogP contribution in [0.5, 0.6) is 5.75 Å². The minimum atomic E-state index is -2.81. The van der Waals surface area contributed by atoms with Gasteiger partial charge in [-0.2, -0.15) is 0 Å². The molecule has 0 saturated heterocycles. The number of rotatable bonds is 5. The molecular formula is C11H13F2NO3. The fraction of sp³-hybridized carbons (Fsp3) is 0.364.